The Balaban J connectivity index is 1.89. The second-order valence-corrected chi connectivity index (χ2v) is 5.23. The summed E-state index contributed by atoms with van der Waals surface area (Å²) in [6.45, 7) is 5.69. The molecule has 0 saturated carbocycles. The number of amides is 2. The maximum Gasteiger partial charge on any atom is 0.319 e. The molecule has 0 bridgehead atoms. The summed E-state index contributed by atoms with van der Waals surface area (Å²) in [5.41, 5.74) is 3.28. The minimum Gasteiger partial charge on any atom is -0.481 e. The number of H-pyrrole nitrogens is 1. The smallest absolute Gasteiger partial charge is 0.319 e. The molecule has 2 amide bonds. The molecule has 0 aliphatic heterocycles. The van der Waals surface area contributed by atoms with Crippen LogP contribution in [0.5, 0.6) is 5.88 Å². The predicted molar refractivity (Wildman–Crippen MR) is 84.2 cm³/mol. The third-order valence-electron chi connectivity index (χ3n) is 3.17. The SMILES string of the molecule is COc1ccc(NC(=O)N[C@@H](C)Cc2cc(C)[nH]n2)c(C)n1. The quantitative estimate of drug-likeness (QED) is 0.789. The first-order valence-corrected chi connectivity index (χ1v) is 7.08. The second-order valence-electron chi connectivity index (χ2n) is 5.23. The molecule has 118 valence electrons. The van der Waals surface area contributed by atoms with E-state index in [1.807, 2.05) is 26.8 Å². The van der Waals surface area contributed by atoms with Gasteiger partial charge in [-0.1, -0.05) is 0 Å². The standard InChI is InChI=1S/C15H21N5O2/c1-9(7-12-8-10(2)19-20-12)16-15(21)18-13-5-6-14(22-4)17-11(13)3/h5-6,8-9H,7H2,1-4H3,(H,19,20)(H2,16,18,21)/t9-/m0/s1. The van der Waals surface area contributed by atoms with Crippen LogP contribution in [0.2, 0.25) is 0 Å². The molecule has 3 N–H and O–H groups in total. The van der Waals surface area contributed by atoms with Crippen molar-refractivity contribution >= 4 is 11.7 Å². The first kappa shape index (κ1) is 15.8. The van der Waals surface area contributed by atoms with E-state index in [0.717, 1.165) is 11.4 Å². The van der Waals surface area contributed by atoms with Crippen molar-refractivity contribution in [1.29, 1.82) is 0 Å². The van der Waals surface area contributed by atoms with Gasteiger partial charge >= 0.3 is 6.03 Å². The van der Waals surface area contributed by atoms with Gasteiger partial charge in [-0.05, 0) is 32.9 Å². The van der Waals surface area contributed by atoms with Crippen molar-refractivity contribution in [2.75, 3.05) is 12.4 Å². The Hall–Kier alpha value is -2.57. The Kier molecular flexibility index (Phi) is 4.98. The third-order valence-corrected chi connectivity index (χ3v) is 3.17. The average Bonchev–Trinajstić information content (AvgIpc) is 2.86. The number of aryl methyl sites for hydroxylation is 2. The van der Waals surface area contributed by atoms with Crippen LogP contribution in [-0.4, -0.2) is 34.4 Å². The zero-order valence-corrected chi connectivity index (χ0v) is 13.2. The van der Waals surface area contributed by atoms with E-state index in [1.165, 1.54) is 0 Å². The maximum absolute atomic E-state index is 12.0. The Morgan fingerprint density at radius 1 is 1.41 bits per heavy atom. The molecule has 0 aliphatic carbocycles. The summed E-state index contributed by atoms with van der Waals surface area (Å²) in [7, 11) is 1.56. The van der Waals surface area contributed by atoms with Gasteiger partial charge in [0.1, 0.15) is 0 Å². The topological polar surface area (TPSA) is 91.9 Å². The first-order valence-electron chi connectivity index (χ1n) is 7.08. The number of anilines is 1. The molecule has 0 unspecified atom stereocenters. The maximum atomic E-state index is 12.0. The van der Waals surface area contributed by atoms with Crippen LogP contribution >= 0.6 is 0 Å². The summed E-state index contributed by atoms with van der Waals surface area (Å²) < 4.78 is 5.04. The number of pyridine rings is 1. The Morgan fingerprint density at radius 2 is 2.18 bits per heavy atom. The monoisotopic (exact) mass is 303 g/mol. The lowest BCUT2D eigenvalue weighted by atomic mass is 10.2. The van der Waals surface area contributed by atoms with Crippen LogP contribution in [0.25, 0.3) is 0 Å². The molecule has 22 heavy (non-hydrogen) atoms. The van der Waals surface area contributed by atoms with Crippen molar-refractivity contribution in [3.8, 4) is 5.88 Å². The number of methoxy groups -OCH3 is 1. The van der Waals surface area contributed by atoms with Gasteiger partial charge < -0.3 is 15.4 Å². The lowest BCUT2D eigenvalue weighted by Crippen LogP contribution is -2.37. The summed E-state index contributed by atoms with van der Waals surface area (Å²) in [4.78, 5) is 16.2. The summed E-state index contributed by atoms with van der Waals surface area (Å²) in [6, 6.07) is 5.14. The highest BCUT2D eigenvalue weighted by atomic mass is 16.5. The van der Waals surface area contributed by atoms with E-state index in [9.17, 15) is 4.79 Å². The van der Waals surface area contributed by atoms with E-state index in [1.54, 1.807) is 19.2 Å². The van der Waals surface area contributed by atoms with Gasteiger partial charge in [0, 0.05) is 24.2 Å². The highest BCUT2D eigenvalue weighted by molar-refractivity contribution is 5.90. The van der Waals surface area contributed by atoms with Crippen LogP contribution < -0.4 is 15.4 Å². The van der Waals surface area contributed by atoms with Crippen molar-refractivity contribution < 1.29 is 9.53 Å². The van der Waals surface area contributed by atoms with Crippen LogP contribution in [0.15, 0.2) is 18.2 Å². The fourth-order valence-corrected chi connectivity index (χ4v) is 2.11. The second kappa shape index (κ2) is 6.93. The van der Waals surface area contributed by atoms with E-state index in [2.05, 4.69) is 25.8 Å². The number of urea groups is 1. The Bertz CT molecular complexity index is 653. The molecule has 0 aliphatic rings. The van der Waals surface area contributed by atoms with Gasteiger partial charge in [0.05, 0.1) is 24.2 Å². The fourth-order valence-electron chi connectivity index (χ4n) is 2.11. The minimum absolute atomic E-state index is 0.0331. The van der Waals surface area contributed by atoms with Gasteiger partial charge in [-0.3, -0.25) is 5.10 Å². The molecule has 2 aromatic rings. The number of carbonyl (C=O) groups excluding carboxylic acids is 1. The van der Waals surface area contributed by atoms with E-state index in [4.69, 9.17) is 4.74 Å². The van der Waals surface area contributed by atoms with E-state index in [0.29, 0.717) is 23.7 Å². The van der Waals surface area contributed by atoms with E-state index in [-0.39, 0.29) is 12.1 Å². The van der Waals surface area contributed by atoms with Gasteiger partial charge in [-0.25, -0.2) is 9.78 Å². The lowest BCUT2D eigenvalue weighted by Gasteiger charge is -2.14. The Labute approximate surface area is 129 Å². The van der Waals surface area contributed by atoms with Crippen molar-refractivity contribution in [3.63, 3.8) is 0 Å². The van der Waals surface area contributed by atoms with Gasteiger partial charge in [0.2, 0.25) is 5.88 Å². The van der Waals surface area contributed by atoms with E-state index < -0.39 is 0 Å². The summed E-state index contributed by atoms with van der Waals surface area (Å²) >= 11 is 0. The molecule has 0 fully saturated rings. The zero-order chi connectivity index (χ0) is 16.1. The molecular weight excluding hydrogens is 282 g/mol. The normalized spacial score (nSPS) is 11.8. The first-order chi connectivity index (χ1) is 10.5. The van der Waals surface area contributed by atoms with Crippen LogP contribution in [0.3, 0.4) is 0 Å². The van der Waals surface area contributed by atoms with Crippen molar-refractivity contribution in [3.05, 3.63) is 35.3 Å². The van der Waals surface area contributed by atoms with Gasteiger partial charge in [0.25, 0.3) is 0 Å². The largest absolute Gasteiger partial charge is 0.481 e. The highest BCUT2D eigenvalue weighted by Gasteiger charge is 2.11. The number of ether oxygens (including phenoxy) is 1. The van der Waals surface area contributed by atoms with Crippen molar-refractivity contribution in [1.82, 2.24) is 20.5 Å². The number of nitrogens with one attached hydrogen (secondary N) is 3. The zero-order valence-electron chi connectivity index (χ0n) is 13.2. The van der Waals surface area contributed by atoms with Crippen molar-refractivity contribution in [2.24, 2.45) is 0 Å². The number of nitrogens with zero attached hydrogens (tertiary/aromatic N) is 2. The molecule has 0 aromatic carbocycles. The van der Waals surface area contributed by atoms with Crippen LogP contribution in [0, 0.1) is 13.8 Å². The molecule has 7 heteroatoms. The van der Waals surface area contributed by atoms with Crippen LogP contribution in [-0.2, 0) is 6.42 Å². The third kappa shape index (κ3) is 4.21. The number of aromatic amines is 1. The van der Waals surface area contributed by atoms with Gasteiger partial charge in [-0.15, -0.1) is 0 Å². The van der Waals surface area contributed by atoms with Gasteiger partial charge in [-0.2, -0.15) is 5.10 Å². The highest BCUT2D eigenvalue weighted by Crippen LogP contribution is 2.16. The number of aromatic nitrogens is 3. The molecule has 0 radical (unpaired) electrons. The molecule has 2 aromatic heterocycles. The number of hydrogen-bond donors (Lipinski definition) is 3. The molecule has 2 rings (SSSR count). The molecule has 0 saturated heterocycles. The Morgan fingerprint density at radius 3 is 2.77 bits per heavy atom. The van der Waals surface area contributed by atoms with Crippen LogP contribution in [0.1, 0.15) is 24.0 Å². The summed E-state index contributed by atoms with van der Waals surface area (Å²) in [6.07, 6.45) is 0.664. The fraction of sp³-hybridized carbons (Fsp3) is 0.400. The van der Waals surface area contributed by atoms with E-state index >= 15 is 0 Å². The molecular formula is C15H21N5O2. The predicted octanol–water partition coefficient (Wildman–Crippen LogP) is 2.18. The van der Waals surface area contributed by atoms with Crippen molar-refractivity contribution in [2.45, 2.75) is 33.2 Å². The minimum atomic E-state index is -0.269. The summed E-state index contributed by atoms with van der Waals surface area (Å²) in [5.74, 6) is 0.519. The number of carbonyl (C=O) groups is 1. The molecule has 1 atom stereocenters. The molecule has 2 heterocycles. The number of rotatable bonds is 5. The number of hydrogen-bond acceptors (Lipinski definition) is 4. The summed E-state index contributed by atoms with van der Waals surface area (Å²) in [5, 5.41) is 12.7. The average molecular weight is 303 g/mol. The lowest BCUT2D eigenvalue weighted by molar-refractivity contribution is 0.249. The molecule has 7 nitrogen and oxygen atoms in total. The molecule has 0 spiro atoms. The van der Waals surface area contributed by atoms with Crippen LogP contribution in [0.4, 0.5) is 10.5 Å². The van der Waals surface area contributed by atoms with Gasteiger partial charge in [0.15, 0.2) is 0 Å².